The molecule has 2 aromatic carbocycles. The molecule has 0 radical (unpaired) electrons. The van der Waals surface area contributed by atoms with Gasteiger partial charge in [0, 0.05) is 24.1 Å². The van der Waals surface area contributed by atoms with Crippen LogP contribution in [-0.2, 0) is 11.2 Å². The van der Waals surface area contributed by atoms with Gasteiger partial charge in [0.2, 0.25) is 5.91 Å². The lowest BCUT2D eigenvalue weighted by Gasteiger charge is -2.17. The maximum absolute atomic E-state index is 13.4. The van der Waals surface area contributed by atoms with Crippen molar-refractivity contribution >= 4 is 11.7 Å². The Bertz CT molecular complexity index is 1110. The highest BCUT2D eigenvalue weighted by Gasteiger charge is 2.17. The maximum Gasteiger partial charge on any atom is 0.217 e. The minimum atomic E-state index is -0.933. The van der Waals surface area contributed by atoms with Gasteiger partial charge in [-0.3, -0.25) is 4.79 Å². The lowest BCUT2D eigenvalue weighted by atomic mass is 10.0. The maximum atomic E-state index is 13.4. The fourth-order valence-corrected chi connectivity index (χ4v) is 3.29. The quantitative estimate of drug-likeness (QED) is 0.490. The molecule has 0 aliphatic heterocycles. The Hall–Kier alpha value is -3.76. The number of rotatable bonds is 9. The van der Waals surface area contributed by atoms with Crippen LogP contribution in [0, 0.1) is 17.1 Å². The van der Waals surface area contributed by atoms with Crippen LogP contribution in [0.5, 0.6) is 0 Å². The van der Waals surface area contributed by atoms with Crippen LogP contribution >= 0.6 is 0 Å². The first kappa shape index (κ1) is 21.9. The van der Waals surface area contributed by atoms with Crippen molar-refractivity contribution in [1.29, 1.82) is 5.26 Å². The molecule has 1 heterocycles. The number of carbonyl (C=O) groups is 1. The van der Waals surface area contributed by atoms with Gasteiger partial charge in [-0.2, -0.15) is 5.26 Å². The zero-order valence-corrected chi connectivity index (χ0v) is 16.9. The van der Waals surface area contributed by atoms with Gasteiger partial charge < -0.3 is 16.2 Å². The zero-order valence-electron chi connectivity index (χ0n) is 16.9. The number of aliphatic hydroxyl groups is 1. The molecule has 0 aliphatic rings. The van der Waals surface area contributed by atoms with Gasteiger partial charge in [-0.05, 0) is 42.7 Å². The van der Waals surface area contributed by atoms with E-state index in [1.54, 1.807) is 36.4 Å². The zero-order chi connectivity index (χ0) is 22.2. The number of amides is 1. The summed E-state index contributed by atoms with van der Waals surface area (Å²) in [7, 11) is 0. The average molecular weight is 418 g/mol. The third-order valence-electron chi connectivity index (χ3n) is 4.87. The number of nitrogens with two attached hydrogens (primary N) is 1. The molecule has 0 saturated heterocycles. The van der Waals surface area contributed by atoms with Crippen LogP contribution in [-0.4, -0.2) is 22.5 Å². The van der Waals surface area contributed by atoms with Crippen LogP contribution in [0.4, 0.5) is 10.2 Å². The lowest BCUT2D eigenvalue weighted by Crippen LogP contribution is -2.14. The number of aliphatic hydroxyl groups excluding tert-OH is 1. The van der Waals surface area contributed by atoms with Crippen molar-refractivity contribution in [3.63, 3.8) is 0 Å². The van der Waals surface area contributed by atoms with Crippen LogP contribution in [0.25, 0.3) is 11.3 Å². The number of primary amides is 1. The second-order valence-electron chi connectivity index (χ2n) is 7.12. The molecule has 7 heteroatoms. The summed E-state index contributed by atoms with van der Waals surface area (Å²) in [5, 5.41) is 23.2. The minimum absolute atomic E-state index is 0.0446. The largest absolute Gasteiger partial charge is 0.388 e. The summed E-state index contributed by atoms with van der Waals surface area (Å²) in [6.07, 6.45) is -0.168. The summed E-state index contributed by atoms with van der Waals surface area (Å²) in [5.74, 6) is -0.348. The number of nitrogens with zero attached hydrogens (tertiary/aromatic N) is 2. The number of pyridine rings is 1. The summed E-state index contributed by atoms with van der Waals surface area (Å²) < 4.78 is 13.4. The molecule has 4 N–H and O–H groups in total. The van der Waals surface area contributed by atoms with Gasteiger partial charge in [-0.15, -0.1) is 0 Å². The molecule has 1 amide bonds. The van der Waals surface area contributed by atoms with Gasteiger partial charge in [-0.1, -0.05) is 36.4 Å². The second-order valence-corrected chi connectivity index (χ2v) is 7.12. The molecule has 3 aromatic rings. The van der Waals surface area contributed by atoms with E-state index in [0.717, 1.165) is 5.56 Å². The molecular weight excluding hydrogens is 395 g/mol. The Kier molecular flexibility index (Phi) is 7.31. The van der Waals surface area contributed by atoms with Crippen LogP contribution in [0.1, 0.15) is 35.6 Å². The average Bonchev–Trinajstić information content (AvgIpc) is 2.77. The molecule has 6 nitrogen and oxygen atoms in total. The molecule has 0 aliphatic carbocycles. The first-order valence-corrected chi connectivity index (χ1v) is 9.93. The van der Waals surface area contributed by atoms with Gasteiger partial charge in [0.25, 0.3) is 0 Å². The van der Waals surface area contributed by atoms with Crippen LogP contribution in [0.2, 0.25) is 0 Å². The SMILES string of the molecule is N#Cc1ccccc1-c1ccc(C(O)CCC(N)=O)c(NCCc2cccc(F)c2)n1. The molecule has 0 spiro atoms. The molecule has 0 fully saturated rings. The summed E-state index contributed by atoms with van der Waals surface area (Å²) in [6.45, 7) is 0.454. The number of nitriles is 1. The number of hydrogen-bond donors (Lipinski definition) is 3. The van der Waals surface area contributed by atoms with E-state index in [-0.39, 0.29) is 18.7 Å². The van der Waals surface area contributed by atoms with Crippen LogP contribution in [0.3, 0.4) is 0 Å². The summed E-state index contributed by atoms with van der Waals surface area (Å²) in [4.78, 5) is 15.7. The van der Waals surface area contributed by atoms with E-state index in [4.69, 9.17) is 5.73 Å². The van der Waals surface area contributed by atoms with E-state index >= 15 is 0 Å². The fourth-order valence-electron chi connectivity index (χ4n) is 3.29. The Morgan fingerprint density at radius 3 is 2.74 bits per heavy atom. The van der Waals surface area contributed by atoms with E-state index in [1.165, 1.54) is 12.1 Å². The van der Waals surface area contributed by atoms with Crippen LogP contribution < -0.4 is 11.1 Å². The molecular formula is C24H23FN4O2. The number of benzene rings is 2. The van der Waals surface area contributed by atoms with Crippen molar-refractivity contribution in [2.24, 2.45) is 5.73 Å². The van der Waals surface area contributed by atoms with Gasteiger partial charge in [-0.25, -0.2) is 9.37 Å². The van der Waals surface area contributed by atoms with Gasteiger partial charge in [0.15, 0.2) is 0 Å². The summed E-state index contributed by atoms with van der Waals surface area (Å²) >= 11 is 0. The predicted molar refractivity (Wildman–Crippen MR) is 116 cm³/mol. The van der Waals surface area contributed by atoms with Gasteiger partial charge in [0.05, 0.1) is 23.4 Å². The van der Waals surface area contributed by atoms with Crippen molar-refractivity contribution in [2.45, 2.75) is 25.4 Å². The molecule has 3 rings (SSSR count). The van der Waals surface area contributed by atoms with Crippen LogP contribution in [0.15, 0.2) is 60.7 Å². The number of aromatic nitrogens is 1. The summed E-state index contributed by atoms with van der Waals surface area (Å²) in [6, 6.07) is 19.1. The third kappa shape index (κ3) is 5.87. The number of halogens is 1. The molecule has 0 bridgehead atoms. The Morgan fingerprint density at radius 2 is 2.00 bits per heavy atom. The molecule has 1 atom stereocenters. The van der Waals surface area contributed by atoms with Crippen molar-refractivity contribution in [3.8, 4) is 17.3 Å². The molecule has 158 valence electrons. The van der Waals surface area contributed by atoms with Gasteiger partial charge in [0.1, 0.15) is 11.6 Å². The number of hydrogen-bond acceptors (Lipinski definition) is 5. The Balaban J connectivity index is 1.87. The molecule has 31 heavy (non-hydrogen) atoms. The van der Waals surface area contributed by atoms with Gasteiger partial charge >= 0.3 is 0 Å². The van der Waals surface area contributed by atoms with Crippen molar-refractivity contribution < 1.29 is 14.3 Å². The second kappa shape index (κ2) is 10.3. The highest BCUT2D eigenvalue weighted by atomic mass is 19.1. The number of anilines is 1. The van der Waals surface area contributed by atoms with E-state index in [2.05, 4.69) is 16.4 Å². The van der Waals surface area contributed by atoms with Crippen molar-refractivity contribution in [2.75, 3.05) is 11.9 Å². The third-order valence-corrected chi connectivity index (χ3v) is 4.87. The topological polar surface area (TPSA) is 112 Å². The Labute approximate surface area is 180 Å². The van der Waals surface area contributed by atoms with Crippen molar-refractivity contribution in [1.82, 2.24) is 4.98 Å². The van der Waals surface area contributed by atoms with E-state index in [1.807, 2.05) is 12.1 Å². The Morgan fingerprint density at radius 1 is 1.19 bits per heavy atom. The molecule has 1 unspecified atom stereocenters. The highest BCUT2D eigenvalue weighted by molar-refractivity contribution is 5.74. The van der Waals surface area contributed by atoms with E-state index in [0.29, 0.717) is 41.2 Å². The number of nitrogens with one attached hydrogen (secondary N) is 1. The van der Waals surface area contributed by atoms with E-state index in [9.17, 15) is 19.6 Å². The normalized spacial score (nSPS) is 11.5. The first-order chi connectivity index (χ1) is 15.0. The lowest BCUT2D eigenvalue weighted by molar-refractivity contribution is -0.118. The molecule has 1 aromatic heterocycles. The highest BCUT2D eigenvalue weighted by Crippen LogP contribution is 2.29. The monoisotopic (exact) mass is 418 g/mol. The number of carbonyl (C=O) groups excluding carboxylic acids is 1. The summed E-state index contributed by atoms with van der Waals surface area (Å²) in [5.41, 5.74) is 8.30. The predicted octanol–water partition coefficient (Wildman–Crippen LogP) is 3.71. The standard InChI is InChI=1S/C24H23FN4O2/c25-18-6-3-4-16(14-18)12-13-28-24-20(22(30)10-11-23(27)31)8-9-21(29-24)19-7-2-1-5-17(19)15-26/h1-9,14,22,30H,10-13H2,(H2,27,31)(H,28,29). The van der Waals surface area contributed by atoms with E-state index < -0.39 is 12.0 Å². The minimum Gasteiger partial charge on any atom is -0.388 e. The van der Waals surface area contributed by atoms with Crippen molar-refractivity contribution in [3.05, 3.63) is 83.2 Å². The smallest absolute Gasteiger partial charge is 0.217 e. The first-order valence-electron chi connectivity index (χ1n) is 9.93. The molecule has 0 saturated carbocycles. The fraction of sp³-hybridized carbons (Fsp3) is 0.208.